The van der Waals surface area contributed by atoms with E-state index < -0.39 is 11.7 Å². The van der Waals surface area contributed by atoms with E-state index in [4.69, 9.17) is 0 Å². The first-order valence-electron chi connectivity index (χ1n) is 6.71. The molecule has 0 fully saturated rings. The smallest absolute Gasteiger partial charge is 0.281 e. The Bertz CT molecular complexity index is 718. The fraction of sp³-hybridized carbons (Fsp3) is 0.118. The molecule has 104 valence electrons. The molecule has 1 aliphatic rings. The Morgan fingerprint density at radius 3 is 2.29 bits per heavy atom. The summed E-state index contributed by atoms with van der Waals surface area (Å²) in [7, 11) is 0. The van der Waals surface area contributed by atoms with Crippen molar-refractivity contribution in [3.63, 3.8) is 0 Å². The molecule has 2 aromatic carbocycles. The predicted molar refractivity (Wildman–Crippen MR) is 79.7 cm³/mol. The number of aryl methyl sites for hydroxylation is 1. The minimum atomic E-state index is -0.575. The second-order valence-corrected chi connectivity index (χ2v) is 4.99. The van der Waals surface area contributed by atoms with E-state index in [1.165, 1.54) is 5.01 Å². The first-order valence-corrected chi connectivity index (χ1v) is 6.71. The summed E-state index contributed by atoms with van der Waals surface area (Å²) in [5.41, 5.74) is 2.93. The van der Waals surface area contributed by atoms with E-state index in [0.29, 0.717) is 12.1 Å². The van der Waals surface area contributed by atoms with Crippen LogP contribution < -0.4 is 0 Å². The summed E-state index contributed by atoms with van der Waals surface area (Å²) in [6, 6.07) is 16.9. The Balaban J connectivity index is 1.88. The quantitative estimate of drug-likeness (QED) is 0.809. The van der Waals surface area contributed by atoms with Crippen LogP contribution in [0.3, 0.4) is 0 Å². The minimum absolute atomic E-state index is 0.218. The van der Waals surface area contributed by atoms with Crippen LogP contribution >= 0.6 is 0 Å². The van der Waals surface area contributed by atoms with Gasteiger partial charge in [0.15, 0.2) is 0 Å². The lowest BCUT2D eigenvalue weighted by Crippen LogP contribution is -2.27. The van der Waals surface area contributed by atoms with Gasteiger partial charge in [0.2, 0.25) is 0 Å². The van der Waals surface area contributed by atoms with E-state index in [9.17, 15) is 9.59 Å². The number of nitrogens with zero attached hydrogens (tertiary/aromatic N) is 2. The first kappa shape index (κ1) is 13.2. The van der Waals surface area contributed by atoms with Crippen LogP contribution in [-0.2, 0) is 16.1 Å². The lowest BCUT2D eigenvalue weighted by Gasteiger charge is -2.10. The number of carbonyl (C=O) groups is 2. The molecule has 0 saturated heterocycles. The third kappa shape index (κ3) is 2.60. The molecule has 2 aromatic rings. The van der Waals surface area contributed by atoms with Gasteiger partial charge in [0.1, 0.15) is 5.71 Å². The third-order valence-corrected chi connectivity index (χ3v) is 3.36. The van der Waals surface area contributed by atoms with Crippen molar-refractivity contribution < 1.29 is 9.59 Å². The van der Waals surface area contributed by atoms with E-state index in [0.717, 1.165) is 11.1 Å². The van der Waals surface area contributed by atoms with Crippen LogP contribution in [0.1, 0.15) is 16.7 Å². The van der Waals surface area contributed by atoms with Gasteiger partial charge in [0.05, 0.1) is 6.54 Å². The van der Waals surface area contributed by atoms with Crippen molar-refractivity contribution in [1.29, 1.82) is 0 Å². The number of benzene rings is 2. The molecule has 4 nitrogen and oxygen atoms in total. The summed E-state index contributed by atoms with van der Waals surface area (Å²) in [6.45, 7) is 2.27. The van der Waals surface area contributed by atoms with Gasteiger partial charge >= 0.3 is 5.91 Å². The average molecular weight is 278 g/mol. The number of ketones is 1. The van der Waals surface area contributed by atoms with E-state index in [2.05, 4.69) is 5.10 Å². The van der Waals surface area contributed by atoms with Crippen molar-refractivity contribution >= 4 is 17.4 Å². The van der Waals surface area contributed by atoms with Crippen LogP contribution in [0, 0.1) is 6.92 Å². The topological polar surface area (TPSA) is 49.7 Å². The molecule has 0 bridgehead atoms. The summed E-state index contributed by atoms with van der Waals surface area (Å²) >= 11 is 0. The van der Waals surface area contributed by atoms with Gasteiger partial charge in [0.25, 0.3) is 5.78 Å². The van der Waals surface area contributed by atoms with Crippen molar-refractivity contribution in [1.82, 2.24) is 5.01 Å². The lowest BCUT2D eigenvalue weighted by molar-refractivity contribution is -0.140. The predicted octanol–water partition coefficient (Wildman–Crippen LogP) is 2.31. The fourth-order valence-corrected chi connectivity index (χ4v) is 2.19. The Morgan fingerprint density at radius 1 is 0.952 bits per heavy atom. The summed E-state index contributed by atoms with van der Waals surface area (Å²) in [4.78, 5) is 24.1. The molecule has 0 saturated carbocycles. The molecule has 1 aliphatic heterocycles. The summed E-state index contributed by atoms with van der Waals surface area (Å²) in [5, 5.41) is 5.43. The van der Waals surface area contributed by atoms with Crippen molar-refractivity contribution in [2.24, 2.45) is 5.10 Å². The fourth-order valence-electron chi connectivity index (χ4n) is 2.19. The van der Waals surface area contributed by atoms with Gasteiger partial charge in [-0.3, -0.25) is 9.59 Å². The van der Waals surface area contributed by atoms with Gasteiger partial charge in [-0.2, -0.15) is 5.10 Å². The Labute approximate surface area is 122 Å². The van der Waals surface area contributed by atoms with Crippen molar-refractivity contribution in [2.75, 3.05) is 0 Å². The first-order chi connectivity index (χ1) is 10.1. The molecule has 0 unspecified atom stereocenters. The van der Waals surface area contributed by atoms with Crippen LogP contribution in [-0.4, -0.2) is 22.4 Å². The summed E-state index contributed by atoms with van der Waals surface area (Å²) < 4.78 is 0. The monoisotopic (exact) mass is 278 g/mol. The molecule has 0 spiro atoms. The number of hydrazone groups is 1. The Hall–Kier alpha value is -2.75. The molecule has 0 aliphatic carbocycles. The second kappa shape index (κ2) is 5.32. The third-order valence-electron chi connectivity index (χ3n) is 3.36. The van der Waals surface area contributed by atoms with E-state index in [-0.39, 0.29) is 5.71 Å². The van der Waals surface area contributed by atoms with Gasteiger partial charge in [-0.15, -0.1) is 0 Å². The molecular formula is C17H14N2O2. The Morgan fingerprint density at radius 2 is 1.62 bits per heavy atom. The van der Waals surface area contributed by atoms with Gasteiger partial charge in [-0.05, 0) is 12.5 Å². The van der Waals surface area contributed by atoms with Gasteiger partial charge in [-0.1, -0.05) is 60.2 Å². The normalized spacial score (nSPS) is 14.5. The van der Waals surface area contributed by atoms with E-state index in [1.807, 2.05) is 61.5 Å². The van der Waals surface area contributed by atoms with Crippen LogP contribution in [0.5, 0.6) is 0 Å². The van der Waals surface area contributed by atoms with Crippen LogP contribution in [0.25, 0.3) is 0 Å². The maximum absolute atomic E-state index is 12.1. The molecule has 21 heavy (non-hydrogen) atoms. The molecule has 3 rings (SSSR count). The molecule has 0 aromatic heterocycles. The average Bonchev–Trinajstić information content (AvgIpc) is 2.78. The molecule has 1 heterocycles. The van der Waals surface area contributed by atoms with Gasteiger partial charge in [-0.25, -0.2) is 5.01 Å². The standard InChI is InChI=1S/C17H14N2O2/c1-12-7-9-14(10-8-12)15-16(20)17(21)19(18-15)11-13-5-3-2-4-6-13/h2-10H,11H2,1H3. The zero-order valence-corrected chi connectivity index (χ0v) is 11.6. The number of hydrogen-bond acceptors (Lipinski definition) is 3. The second-order valence-electron chi connectivity index (χ2n) is 4.99. The lowest BCUT2D eigenvalue weighted by atomic mass is 10.1. The van der Waals surface area contributed by atoms with Crippen molar-refractivity contribution in [3.05, 3.63) is 71.3 Å². The molecule has 1 amide bonds. The van der Waals surface area contributed by atoms with Crippen LogP contribution in [0.4, 0.5) is 0 Å². The molecule has 0 radical (unpaired) electrons. The largest absolute Gasteiger partial charge is 0.317 e. The molecule has 4 heteroatoms. The van der Waals surface area contributed by atoms with E-state index >= 15 is 0 Å². The zero-order valence-electron chi connectivity index (χ0n) is 11.6. The Kier molecular flexibility index (Phi) is 3.36. The molecular weight excluding hydrogens is 264 g/mol. The SMILES string of the molecule is Cc1ccc(C2=NN(Cc3ccccc3)C(=O)C2=O)cc1. The highest BCUT2D eigenvalue weighted by molar-refractivity contribution is 6.69. The number of rotatable bonds is 3. The highest BCUT2D eigenvalue weighted by atomic mass is 16.2. The summed E-state index contributed by atoms with van der Waals surface area (Å²) in [5.74, 6) is -1.12. The summed E-state index contributed by atoms with van der Waals surface area (Å²) in [6.07, 6.45) is 0. The number of carbonyl (C=O) groups excluding carboxylic acids is 2. The number of amides is 1. The minimum Gasteiger partial charge on any atom is -0.281 e. The number of hydrogen-bond donors (Lipinski definition) is 0. The van der Waals surface area contributed by atoms with Crippen molar-refractivity contribution in [3.8, 4) is 0 Å². The molecule has 0 atom stereocenters. The maximum atomic E-state index is 12.1. The van der Waals surface area contributed by atoms with Gasteiger partial charge < -0.3 is 0 Å². The van der Waals surface area contributed by atoms with E-state index in [1.54, 1.807) is 0 Å². The zero-order chi connectivity index (χ0) is 14.8. The van der Waals surface area contributed by atoms with Crippen LogP contribution in [0.2, 0.25) is 0 Å². The maximum Gasteiger partial charge on any atom is 0.317 e. The van der Waals surface area contributed by atoms with Crippen molar-refractivity contribution in [2.45, 2.75) is 13.5 Å². The number of Topliss-reactive ketones (excluding diaryl/α,β-unsaturated/α-hetero) is 1. The van der Waals surface area contributed by atoms with Crippen LogP contribution in [0.15, 0.2) is 59.7 Å². The highest BCUT2D eigenvalue weighted by Gasteiger charge is 2.34. The highest BCUT2D eigenvalue weighted by Crippen LogP contribution is 2.16. The molecule has 0 N–H and O–H groups in total. The van der Waals surface area contributed by atoms with Gasteiger partial charge in [0, 0.05) is 5.56 Å².